The predicted molar refractivity (Wildman–Crippen MR) is 82.6 cm³/mol. The fourth-order valence-electron chi connectivity index (χ4n) is 1.95. The van der Waals surface area contributed by atoms with Crippen LogP contribution in [0.1, 0.15) is 27.3 Å². The van der Waals surface area contributed by atoms with Crippen molar-refractivity contribution in [3.63, 3.8) is 0 Å². The van der Waals surface area contributed by atoms with Crippen molar-refractivity contribution < 1.29 is 9.53 Å². The molecule has 0 atom stereocenters. The van der Waals surface area contributed by atoms with Crippen molar-refractivity contribution in [2.75, 3.05) is 12.8 Å². The van der Waals surface area contributed by atoms with Gasteiger partial charge in [0.15, 0.2) is 5.16 Å². The summed E-state index contributed by atoms with van der Waals surface area (Å²) in [5.41, 5.74) is 9.37. The molecule has 0 saturated heterocycles. The largest absolute Gasteiger partial charge is 0.465 e. The molecule has 1 aromatic carbocycles. The van der Waals surface area contributed by atoms with Gasteiger partial charge in [-0.05, 0) is 56.3 Å². The number of esters is 1. The average molecular weight is 303 g/mol. The predicted octanol–water partition coefficient (Wildman–Crippen LogP) is 2.92. The molecule has 2 aromatic rings. The molecule has 0 saturated carbocycles. The lowest BCUT2D eigenvalue weighted by molar-refractivity contribution is 0.0601. The lowest BCUT2D eigenvalue weighted by atomic mass is 10.1. The highest BCUT2D eigenvalue weighted by Crippen LogP contribution is 2.30. The van der Waals surface area contributed by atoms with E-state index in [0.717, 1.165) is 21.8 Å². The van der Waals surface area contributed by atoms with Crippen LogP contribution in [0.25, 0.3) is 0 Å². The van der Waals surface area contributed by atoms with Crippen LogP contribution in [0.15, 0.2) is 28.3 Å². The molecule has 0 fully saturated rings. The Morgan fingerprint density at radius 3 is 2.33 bits per heavy atom. The van der Waals surface area contributed by atoms with Gasteiger partial charge in [0.25, 0.3) is 0 Å². The average Bonchev–Trinajstić information content (AvgIpc) is 2.40. The molecule has 110 valence electrons. The second-order valence-electron chi connectivity index (χ2n) is 4.73. The van der Waals surface area contributed by atoms with Gasteiger partial charge < -0.3 is 10.5 Å². The monoisotopic (exact) mass is 303 g/mol. The van der Waals surface area contributed by atoms with E-state index in [1.165, 1.54) is 18.9 Å². The molecule has 0 amide bonds. The first-order chi connectivity index (χ1) is 9.90. The van der Waals surface area contributed by atoms with E-state index in [4.69, 9.17) is 10.5 Å². The normalized spacial score (nSPS) is 10.5. The Hall–Kier alpha value is -2.08. The van der Waals surface area contributed by atoms with Gasteiger partial charge >= 0.3 is 5.97 Å². The van der Waals surface area contributed by atoms with Gasteiger partial charge in [-0.25, -0.2) is 14.8 Å². The fourth-order valence-corrected chi connectivity index (χ4v) is 2.95. The Bertz CT molecular complexity index is 681. The van der Waals surface area contributed by atoms with Crippen LogP contribution in [0.5, 0.6) is 0 Å². The van der Waals surface area contributed by atoms with Crippen molar-refractivity contribution in [2.45, 2.75) is 30.8 Å². The number of methoxy groups -OCH3 is 1. The third-order valence-electron chi connectivity index (χ3n) is 2.94. The van der Waals surface area contributed by atoms with Crippen molar-refractivity contribution in [1.29, 1.82) is 0 Å². The molecule has 6 heteroatoms. The zero-order valence-corrected chi connectivity index (χ0v) is 13.2. The highest BCUT2D eigenvalue weighted by Gasteiger charge is 2.14. The maximum atomic E-state index is 11.8. The minimum absolute atomic E-state index is 0.365. The van der Waals surface area contributed by atoms with Crippen LogP contribution < -0.4 is 5.73 Å². The van der Waals surface area contributed by atoms with Crippen LogP contribution >= 0.6 is 11.8 Å². The highest BCUT2D eigenvalue weighted by molar-refractivity contribution is 7.99. The first-order valence-corrected chi connectivity index (χ1v) is 7.21. The van der Waals surface area contributed by atoms with Gasteiger partial charge in [-0.1, -0.05) is 0 Å². The van der Waals surface area contributed by atoms with E-state index >= 15 is 0 Å². The summed E-state index contributed by atoms with van der Waals surface area (Å²) in [5, 5.41) is 0.646. The third kappa shape index (κ3) is 3.52. The molecule has 0 aliphatic heterocycles. The topological polar surface area (TPSA) is 78.1 Å². The molecular weight excluding hydrogens is 286 g/mol. The Labute approximate surface area is 127 Å². The third-order valence-corrected chi connectivity index (χ3v) is 3.77. The molecular formula is C15H17N3O2S. The Kier molecular flexibility index (Phi) is 4.47. The number of aryl methyl sites for hydroxylation is 3. The highest BCUT2D eigenvalue weighted by atomic mass is 32.2. The molecule has 5 nitrogen and oxygen atoms in total. The number of benzene rings is 1. The zero-order valence-electron chi connectivity index (χ0n) is 12.4. The smallest absolute Gasteiger partial charge is 0.340 e. The Balaban J connectivity index is 2.40. The van der Waals surface area contributed by atoms with E-state index < -0.39 is 5.97 Å². The number of carbonyl (C=O) groups excluding carboxylic acids is 1. The SMILES string of the molecule is COC(=O)c1cc(Sc2nc(C)cc(C)n2)cc(C)c1N. The van der Waals surface area contributed by atoms with E-state index in [9.17, 15) is 4.79 Å². The fraction of sp³-hybridized carbons (Fsp3) is 0.267. The van der Waals surface area contributed by atoms with Crippen molar-refractivity contribution in [3.8, 4) is 0 Å². The van der Waals surface area contributed by atoms with Gasteiger partial charge in [-0.15, -0.1) is 0 Å². The molecule has 0 radical (unpaired) electrons. The van der Waals surface area contributed by atoms with Gasteiger partial charge in [-0.3, -0.25) is 0 Å². The van der Waals surface area contributed by atoms with E-state index in [1.54, 1.807) is 6.07 Å². The Morgan fingerprint density at radius 2 is 1.76 bits per heavy atom. The van der Waals surface area contributed by atoms with E-state index in [-0.39, 0.29) is 0 Å². The number of carbonyl (C=O) groups is 1. The lowest BCUT2D eigenvalue weighted by Gasteiger charge is -2.10. The van der Waals surface area contributed by atoms with Crippen LogP contribution in [-0.4, -0.2) is 23.0 Å². The summed E-state index contributed by atoms with van der Waals surface area (Å²) in [6.07, 6.45) is 0. The molecule has 0 aliphatic rings. The first-order valence-electron chi connectivity index (χ1n) is 6.39. The van der Waals surface area contributed by atoms with Gasteiger partial charge in [0.2, 0.25) is 0 Å². The van der Waals surface area contributed by atoms with E-state index in [0.29, 0.717) is 16.4 Å². The molecule has 0 aliphatic carbocycles. The van der Waals surface area contributed by atoms with Crippen molar-refractivity contribution in [3.05, 3.63) is 40.7 Å². The molecule has 2 N–H and O–H groups in total. The number of hydrogen-bond donors (Lipinski definition) is 1. The number of aromatic nitrogens is 2. The number of nitrogen functional groups attached to an aromatic ring is 1. The summed E-state index contributed by atoms with van der Waals surface area (Å²) >= 11 is 1.40. The van der Waals surface area contributed by atoms with Gasteiger partial charge in [0.1, 0.15) is 0 Å². The summed E-state index contributed by atoms with van der Waals surface area (Å²) in [6, 6.07) is 5.53. The molecule has 0 unspecified atom stereocenters. The second kappa shape index (κ2) is 6.13. The summed E-state index contributed by atoms with van der Waals surface area (Å²) in [6.45, 7) is 5.70. The molecule has 21 heavy (non-hydrogen) atoms. The van der Waals surface area contributed by atoms with E-state index in [1.807, 2.05) is 32.9 Å². The first kappa shape index (κ1) is 15.3. The summed E-state index contributed by atoms with van der Waals surface area (Å²) in [4.78, 5) is 21.4. The molecule has 0 bridgehead atoms. The number of nitrogens with zero attached hydrogens (tertiary/aromatic N) is 2. The van der Waals surface area contributed by atoms with Crippen LogP contribution in [0, 0.1) is 20.8 Å². The number of rotatable bonds is 3. The minimum Gasteiger partial charge on any atom is -0.465 e. The molecule has 2 rings (SSSR count). The van der Waals surface area contributed by atoms with Crippen molar-refractivity contribution in [1.82, 2.24) is 9.97 Å². The summed E-state index contributed by atoms with van der Waals surface area (Å²) in [7, 11) is 1.34. The summed E-state index contributed by atoms with van der Waals surface area (Å²) in [5.74, 6) is -0.445. The number of anilines is 1. The maximum Gasteiger partial charge on any atom is 0.340 e. The molecule has 0 spiro atoms. The summed E-state index contributed by atoms with van der Waals surface area (Å²) < 4.78 is 4.76. The number of ether oxygens (including phenoxy) is 1. The van der Waals surface area contributed by atoms with Crippen LogP contribution in [-0.2, 0) is 4.74 Å². The molecule has 1 heterocycles. The quantitative estimate of drug-likeness (QED) is 0.533. The maximum absolute atomic E-state index is 11.8. The van der Waals surface area contributed by atoms with Gasteiger partial charge in [0, 0.05) is 22.0 Å². The zero-order chi connectivity index (χ0) is 15.6. The van der Waals surface area contributed by atoms with Gasteiger partial charge in [-0.2, -0.15) is 0 Å². The van der Waals surface area contributed by atoms with Crippen LogP contribution in [0.4, 0.5) is 5.69 Å². The standard InChI is InChI=1S/C15H17N3O2S/c1-8-5-11(7-12(13(8)16)14(19)20-4)21-15-17-9(2)6-10(3)18-15/h5-7H,16H2,1-4H3. The van der Waals surface area contributed by atoms with Gasteiger partial charge in [0.05, 0.1) is 12.7 Å². The van der Waals surface area contributed by atoms with Crippen molar-refractivity contribution >= 4 is 23.4 Å². The van der Waals surface area contributed by atoms with Crippen molar-refractivity contribution in [2.24, 2.45) is 0 Å². The number of hydrogen-bond acceptors (Lipinski definition) is 6. The Morgan fingerprint density at radius 1 is 1.14 bits per heavy atom. The number of nitrogens with two attached hydrogens (primary N) is 1. The van der Waals surface area contributed by atoms with Crippen LogP contribution in [0.2, 0.25) is 0 Å². The second-order valence-corrected chi connectivity index (χ2v) is 5.77. The lowest BCUT2D eigenvalue weighted by Crippen LogP contribution is -2.07. The minimum atomic E-state index is -0.445. The van der Waals surface area contributed by atoms with E-state index in [2.05, 4.69) is 9.97 Å². The molecule has 1 aromatic heterocycles. The van der Waals surface area contributed by atoms with Crippen LogP contribution in [0.3, 0.4) is 0 Å².